The molecule has 2 N–H and O–H groups in total. The molecule has 1 aromatic carbocycles. The average Bonchev–Trinajstić information content (AvgIpc) is 3.03. The first kappa shape index (κ1) is 19.5. The fourth-order valence-electron chi connectivity index (χ4n) is 2.63. The average molecular weight is 384 g/mol. The van der Waals surface area contributed by atoms with Crippen LogP contribution in [0.25, 0.3) is 10.9 Å². The molecule has 0 atom stereocenters. The number of carbonyl (C=O) groups is 1. The number of hydrogen-bond donors (Lipinski definition) is 2. The summed E-state index contributed by atoms with van der Waals surface area (Å²) in [6.45, 7) is 5.96. The number of H-pyrrole nitrogens is 1. The van der Waals surface area contributed by atoms with Crippen LogP contribution in [-0.4, -0.2) is 40.3 Å². The lowest BCUT2D eigenvalue weighted by molar-refractivity contribution is 0.0528. The van der Waals surface area contributed by atoms with Crippen molar-refractivity contribution in [3.8, 4) is 17.6 Å². The molecule has 2 heterocycles. The first-order valence-electron chi connectivity index (χ1n) is 8.96. The van der Waals surface area contributed by atoms with Gasteiger partial charge in [0.25, 0.3) is 0 Å². The van der Waals surface area contributed by atoms with Gasteiger partial charge in [0.2, 0.25) is 5.88 Å². The number of aromatic nitrogens is 3. The molecule has 0 aliphatic heterocycles. The van der Waals surface area contributed by atoms with Gasteiger partial charge in [-0.1, -0.05) is 0 Å². The van der Waals surface area contributed by atoms with E-state index in [9.17, 15) is 4.79 Å². The Hall–Kier alpha value is -3.29. The van der Waals surface area contributed by atoms with Gasteiger partial charge in [-0.3, -0.25) is 0 Å². The zero-order valence-electron chi connectivity index (χ0n) is 16.4. The molecule has 0 bridgehead atoms. The second-order valence-corrected chi connectivity index (χ2v) is 7.18. The van der Waals surface area contributed by atoms with Crippen LogP contribution in [0, 0.1) is 0 Å². The molecule has 3 aromatic rings. The first-order valence-corrected chi connectivity index (χ1v) is 8.96. The van der Waals surface area contributed by atoms with E-state index in [4.69, 9.17) is 14.2 Å². The van der Waals surface area contributed by atoms with Gasteiger partial charge in [-0.25, -0.2) is 9.78 Å². The molecule has 0 aliphatic carbocycles. The van der Waals surface area contributed by atoms with Gasteiger partial charge in [-0.2, -0.15) is 4.98 Å². The monoisotopic (exact) mass is 384 g/mol. The number of amides is 1. The molecule has 3 rings (SSSR count). The molecule has 28 heavy (non-hydrogen) atoms. The number of nitrogens with one attached hydrogen (secondary N) is 2. The minimum atomic E-state index is -0.515. The van der Waals surface area contributed by atoms with Gasteiger partial charge in [-0.05, 0) is 51.0 Å². The van der Waals surface area contributed by atoms with Crippen LogP contribution in [0.2, 0.25) is 0 Å². The molecule has 1 amide bonds. The van der Waals surface area contributed by atoms with E-state index in [2.05, 4.69) is 20.3 Å². The maximum absolute atomic E-state index is 11.8. The SMILES string of the molecule is COc1ccnc(Oc2ccc3[nH]cc(CCNC(=O)OC(C)(C)C)c3c2)n1. The molecule has 2 aromatic heterocycles. The molecule has 0 unspecified atom stereocenters. The number of benzene rings is 1. The van der Waals surface area contributed by atoms with E-state index in [0.29, 0.717) is 24.6 Å². The predicted octanol–water partition coefficient (Wildman–Crippen LogP) is 3.83. The van der Waals surface area contributed by atoms with Gasteiger partial charge < -0.3 is 24.5 Å². The highest BCUT2D eigenvalue weighted by atomic mass is 16.6. The van der Waals surface area contributed by atoms with Crippen LogP contribution in [0.5, 0.6) is 17.6 Å². The van der Waals surface area contributed by atoms with Crippen LogP contribution in [-0.2, 0) is 11.2 Å². The van der Waals surface area contributed by atoms with Crippen molar-refractivity contribution in [1.82, 2.24) is 20.3 Å². The zero-order valence-corrected chi connectivity index (χ0v) is 16.4. The Bertz CT molecular complexity index is 962. The molecule has 0 saturated carbocycles. The van der Waals surface area contributed by atoms with Crippen molar-refractivity contribution in [2.75, 3.05) is 13.7 Å². The summed E-state index contributed by atoms with van der Waals surface area (Å²) in [6.07, 6.45) is 3.72. The van der Waals surface area contributed by atoms with Crippen molar-refractivity contribution in [2.24, 2.45) is 0 Å². The van der Waals surface area contributed by atoms with Crippen LogP contribution < -0.4 is 14.8 Å². The lowest BCUT2D eigenvalue weighted by Gasteiger charge is -2.19. The second kappa shape index (κ2) is 8.16. The quantitative estimate of drug-likeness (QED) is 0.670. The predicted molar refractivity (Wildman–Crippen MR) is 105 cm³/mol. The lowest BCUT2D eigenvalue weighted by Crippen LogP contribution is -2.33. The van der Waals surface area contributed by atoms with Crippen LogP contribution in [0.4, 0.5) is 4.79 Å². The summed E-state index contributed by atoms with van der Waals surface area (Å²) in [5.41, 5.74) is 1.52. The topological polar surface area (TPSA) is 98.4 Å². The van der Waals surface area contributed by atoms with Crippen LogP contribution >= 0.6 is 0 Å². The lowest BCUT2D eigenvalue weighted by atomic mass is 10.1. The van der Waals surface area contributed by atoms with E-state index < -0.39 is 11.7 Å². The molecular weight excluding hydrogens is 360 g/mol. The van der Waals surface area contributed by atoms with Crippen molar-refractivity contribution >= 4 is 17.0 Å². The van der Waals surface area contributed by atoms with Gasteiger partial charge in [0.05, 0.1) is 7.11 Å². The summed E-state index contributed by atoms with van der Waals surface area (Å²) in [4.78, 5) is 23.2. The zero-order chi connectivity index (χ0) is 20.1. The van der Waals surface area contributed by atoms with Crippen LogP contribution in [0.15, 0.2) is 36.7 Å². The summed E-state index contributed by atoms with van der Waals surface area (Å²) in [7, 11) is 1.54. The van der Waals surface area contributed by atoms with Gasteiger partial charge in [0, 0.05) is 35.9 Å². The minimum Gasteiger partial charge on any atom is -0.481 e. The summed E-state index contributed by atoms with van der Waals surface area (Å²) in [5.74, 6) is 1.04. The highest BCUT2D eigenvalue weighted by Gasteiger charge is 2.16. The summed E-state index contributed by atoms with van der Waals surface area (Å²) in [5, 5.41) is 3.78. The van der Waals surface area contributed by atoms with E-state index in [-0.39, 0.29) is 6.01 Å². The molecule has 0 saturated heterocycles. The number of aromatic amines is 1. The van der Waals surface area contributed by atoms with Crippen molar-refractivity contribution < 1.29 is 19.0 Å². The first-order chi connectivity index (χ1) is 13.3. The number of alkyl carbamates (subject to hydrolysis) is 1. The van der Waals surface area contributed by atoms with Crippen molar-refractivity contribution in [3.63, 3.8) is 0 Å². The Kier molecular flexibility index (Phi) is 5.67. The number of hydrogen-bond acceptors (Lipinski definition) is 6. The number of nitrogens with zero attached hydrogens (tertiary/aromatic N) is 2. The van der Waals surface area contributed by atoms with E-state index >= 15 is 0 Å². The molecular formula is C20H24N4O4. The van der Waals surface area contributed by atoms with Gasteiger partial charge in [0.15, 0.2) is 0 Å². The van der Waals surface area contributed by atoms with E-state index in [0.717, 1.165) is 16.5 Å². The maximum Gasteiger partial charge on any atom is 0.407 e. The number of carbonyl (C=O) groups excluding carboxylic acids is 1. The summed E-state index contributed by atoms with van der Waals surface area (Å²) in [6, 6.07) is 7.54. The molecule has 0 fully saturated rings. The highest BCUT2D eigenvalue weighted by molar-refractivity contribution is 5.84. The summed E-state index contributed by atoms with van der Waals surface area (Å²) < 4.78 is 16.1. The molecule has 0 aliphatic rings. The normalized spacial score (nSPS) is 11.3. The second-order valence-electron chi connectivity index (χ2n) is 7.18. The molecule has 0 radical (unpaired) electrons. The van der Waals surface area contributed by atoms with Crippen LogP contribution in [0.1, 0.15) is 26.3 Å². The maximum atomic E-state index is 11.8. The Morgan fingerprint density at radius 2 is 2.07 bits per heavy atom. The number of fused-ring (bicyclic) bond motifs is 1. The smallest absolute Gasteiger partial charge is 0.407 e. The third-order valence-electron chi connectivity index (χ3n) is 3.83. The molecule has 8 heteroatoms. The Morgan fingerprint density at radius 3 is 2.82 bits per heavy atom. The van der Waals surface area contributed by atoms with Crippen molar-refractivity contribution in [1.29, 1.82) is 0 Å². The van der Waals surface area contributed by atoms with Crippen molar-refractivity contribution in [2.45, 2.75) is 32.8 Å². The van der Waals surface area contributed by atoms with Crippen molar-refractivity contribution in [3.05, 3.63) is 42.2 Å². The van der Waals surface area contributed by atoms with E-state index in [1.54, 1.807) is 12.3 Å². The fourth-order valence-corrected chi connectivity index (χ4v) is 2.63. The molecule has 148 valence electrons. The van der Waals surface area contributed by atoms with Gasteiger partial charge >= 0.3 is 12.1 Å². The van der Waals surface area contributed by atoms with E-state index in [1.807, 2.05) is 45.2 Å². The highest BCUT2D eigenvalue weighted by Crippen LogP contribution is 2.26. The largest absolute Gasteiger partial charge is 0.481 e. The fraction of sp³-hybridized carbons (Fsp3) is 0.350. The summed E-state index contributed by atoms with van der Waals surface area (Å²) >= 11 is 0. The Labute approximate surface area is 163 Å². The molecule has 8 nitrogen and oxygen atoms in total. The van der Waals surface area contributed by atoms with Gasteiger partial charge in [0.1, 0.15) is 11.4 Å². The van der Waals surface area contributed by atoms with Crippen LogP contribution in [0.3, 0.4) is 0 Å². The number of ether oxygens (including phenoxy) is 3. The Morgan fingerprint density at radius 1 is 1.25 bits per heavy atom. The molecule has 0 spiro atoms. The Balaban J connectivity index is 1.67. The standard InChI is InChI=1S/C20H24N4O4/c1-20(2,3)28-19(25)22-9-7-13-12-23-16-6-5-14(11-15(13)16)27-18-21-10-8-17(24-18)26-4/h5-6,8,10-12,23H,7,9H2,1-4H3,(H,22,25). The number of methoxy groups -OCH3 is 1. The number of rotatable bonds is 6. The third kappa shape index (κ3) is 5.12. The van der Waals surface area contributed by atoms with E-state index in [1.165, 1.54) is 7.11 Å². The van der Waals surface area contributed by atoms with Gasteiger partial charge in [-0.15, -0.1) is 0 Å². The minimum absolute atomic E-state index is 0.211. The third-order valence-corrected chi connectivity index (χ3v) is 3.83.